The molecule has 30 heavy (non-hydrogen) atoms. The van der Waals surface area contributed by atoms with Crippen LogP contribution in [0.3, 0.4) is 0 Å². The molecule has 0 bridgehead atoms. The van der Waals surface area contributed by atoms with Crippen LogP contribution >= 0.6 is 0 Å². The predicted molar refractivity (Wildman–Crippen MR) is 116 cm³/mol. The Balaban J connectivity index is 1.78. The van der Waals surface area contributed by atoms with Crippen molar-refractivity contribution in [1.29, 1.82) is 0 Å². The summed E-state index contributed by atoms with van der Waals surface area (Å²) in [5.41, 5.74) is 4.50. The molecule has 0 unspecified atom stereocenters. The van der Waals surface area contributed by atoms with Gasteiger partial charge < -0.3 is 24.1 Å². The molecule has 8 heteroatoms. The Hall–Kier alpha value is -3.81. The van der Waals surface area contributed by atoms with Gasteiger partial charge in [0.2, 0.25) is 5.95 Å². The highest BCUT2D eigenvalue weighted by Gasteiger charge is 2.14. The summed E-state index contributed by atoms with van der Waals surface area (Å²) in [5.74, 6) is 2.82. The number of imidazole rings is 1. The van der Waals surface area contributed by atoms with Crippen molar-refractivity contribution in [2.45, 2.75) is 6.54 Å². The van der Waals surface area contributed by atoms with E-state index in [9.17, 15) is 0 Å². The van der Waals surface area contributed by atoms with E-state index in [2.05, 4.69) is 24.8 Å². The second kappa shape index (κ2) is 8.28. The summed E-state index contributed by atoms with van der Waals surface area (Å²) in [6.45, 7) is 0.604. The van der Waals surface area contributed by atoms with E-state index in [-0.39, 0.29) is 0 Å². The number of nitrogens with zero attached hydrogens (tertiary/aromatic N) is 4. The van der Waals surface area contributed by atoms with E-state index >= 15 is 0 Å². The van der Waals surface area contributed by atoms with E-state index in [1.807, 2.05) is 37.4 Å². The lowest BCUT2D eigenvalue weighted by Gasteiger charge is -2.12. The Bertz CT molecular complexity index is 1190. The second-order valence-electron chi connectivity index (χ2n) is 6.63. The monoisotopic (exact) mass is 405 g/mol. The van der Waals surface area contributed by atoms with Crippen LogP contribution in [-0.4, -0.2) is 47.9 Å². The quantitative estimate of drug-likeness (QED) is 0.503. The number of fused-ring (bicyclic) bond motifs is 1. The van der Waals surface area contributed by atoms with Gasteiger partial charge in [-0.1, -0.05) is 6.07 Å². The van der Waals surface area contributed by atoms with E-state index < -0.39 is 0 Å². The van der Waals surface area contributed by atoms with Crippen LogP contribution in [0.5, 0.6) is 17.2 Å². The predicted octanol–water partition coefficient (Wildman–Crippen LogP) is 3.61. The molecule has 4 rings (SSSR count). The minimum Gasteiger partial charge on any atom is -0.495 e. The topological polar surface area (TPSA) is 83.3 Å². The van der Waals surface area contributed by atoms with E-state index in [4.69, 9.17) is 14.2 Å². The molecule has 0 saturated heterocycles. The Kier molecular flexibility index (Phi) is 5.38. The van der Waals surface area contributed by atoms with Crippen molar-refractivity contribution in [3.05, 3.63) is 54.5 Å². The zero-order valence-electron chi connectivity index (χ0n) is 17.3. The molecule has 0 amide bonds. The smallest absolute Gasteiger partial charge is 0.203 e. The number of anilines is 1. The van der Waals surface area contributed by atoms with E-state index in [0.29, 0.717) is 23.8 Å². The molecule has 4 aromatic rings. The number of hydrogen-bond acceptors (Lipinski definition) is 7. The molecule has 0 fully saturated rings. The number of methoxy groups -OCH3 is 3. The molecule has 1 aromatic carbocycles. The molecule has 0 aliphatic heterocycles. The molecule has 3 aromatic heterocycles. The van der Waals surface area contributed by atoms with Crippen LogP contribution in [0.25, 0.3) is 22.3 Å². The van der Waals surface area contributed by atoms with Crippen molar-refractivity contribution in [1.82, 2.24) is 19.5 Å². The summed E-state index contributed by atoms with van der Waals surface area (Å²) in [6.07, 6.45) is 5.21. The first kappa shape index (κ1) is 19.5. The molecule has 154 valence electrons. The van der Waals surface area contributed by atoms with Crippen molar-refractivity contribution < 1.29 is 14.2 Å². The average molecular weight is 405 g/mol. The van der Waals surface area contributed by atoms with Gasteiger partial charge in [0.1, 0.15) is 11.3 Å². The molecular formula is C22H23N5O3. The van der Waals surface area contributed by atoms with Gasteiger partial charge in [-0.25, -0.2) is 4.98 Å². The van der Waals surface area contributed by atoms with Crippen LogP contribution in [0, 0.1) is 0 Å². The van der Waals surface area contributed by atoms with Gasteiger partial charge in [0.25, 0.3) is 0 Å². The number of aromatic nitrogens is 4. The third kappa shape index (κ3) is 3.59. The highest BCUT2D eigenvalue weighted by Crippen LogP contribution is 2.30. The van der Waals surface area contributed by atoms with Gasteiger partial charge in [0.15, 0.2) is 11.5 Å². The molecule has 0 aliphatic carbocycles. The molecule has 1 N–H and O–H groups in total. The zero-order chi connectivity index (χ0) is 21.1. The normalized spacial score (nSPS) is 10.8. The van der Waals surface area contributed by atoms with E-state index in [0.717, 1.165) is 33.8 Å². The summed E-state index contributed by atoms with van der Waals surface area (Å²) >= 11 is 0. The largest absolute Gasteiger partial charge is 0.495 e. The van der Waals surface area contributed by atoms with Crippen molar-refractivity contribution >= 4 is 17.0 Å². The van der Waals surface area contributed by atoms with Crippen molar-refractivity contribution in [2.24, 2.45) is 0 Å². The second-order valence-corrected chi connectivity index (χ2v) is 6.63. The molecule has 0 aliphatic rings. The van der Waals surface area contributed by atoms with Crippen LogP contribution in [0.15, 0.2) is 48.9 Å². The van der Waals surface area contributed by atoms with Crippen LogP contribution < -0.4 is 19.5 Å². The maximum Gasteiger partial charge on any atom is 0.203 e. The molecule has 0 radical (unpaired) electrons. The maximum absolute atomic E-state index is 5.44. The highest BCUT2D eigenvalue weighted by molar-refractivity contribution is 5.82. The molecule has 0 saturated carbocycles. The number of rotatable bonds is 7. The molecule has 0 spiro atoms. The van der Waals surface area contributed by atoms with E-state index in [1.54, 1.807) is 39.9 Å². The first-order valence-corrected chi connectivity index (χ1v) is 9.41. The Morgan fingerprint density at radius 1 is 0.933 bits per heavy atom. The maximum atomic E-state index is 5.44. The Morgan fingerprint density at radius 3 is 2.50 bits per heavy atom. The zero-order valence-corrected chi connectivity index (χ0v) is 17.3. The SMILES string of the molecule is CNc1nc2cnc(-c3cncc(OC)c3)cc2n1Cc1ccc(OC)c(OC)c1. The molecule has 3 heterocycles. The van der Waals surface area contributed by atoms with Crippen molar-refractivity contribution in [3.8, 4) is 28.5 Å². The van der Waals surface area contributed by atoms with Gasteiger partial charge >= 0.3 is 0 Å². The van der Waals surface area contributed by atoms with Gasteiger partial charge in [-0.2, -0.15) is 0 Å². The lowest BCUT2D eigenvalue weighted by Crippen LogP contribution is -2.05. The standard InChI is InChI=1S/C22H23N5O3/c1-23-22-26-18-12-25-17(15-8-16(28-2)11-24-10-15)9-19(18)27(22)13-14-5-6-20(29-3)21(7-14)30-4/h5-12H,13H2,1-4H3,(H,23,26). The average Bonchev–Trinajstić information content (AvgIpc) is 3.15. The Labute approximate surface area is 174 Å². The van der Waals surface area contributed by atoms with Crippen LogP contribution in [-0.2, 0) is 6.54 Å². The fourth-order valence-electron chi connectivity index (χ4n) is 3.37. The van der Waals surface area contributed by atoms with E-state index in [1.165, 1.54) is 0 Å². The number of nitrogens with one attached hydrogen (secondary N) is 1. The highest BCUT2D eigenvalue weighted by atomic mass is 16.5. The van der Waals surface area contributed by atoms with Crippen LogP contribution in [0.4, 0.5) is 5.95 Å². The summed E-state index contributed by atoms with van der Waals surface area (Å²) in [7, 11) is 6.73. The number of benzene rings is 1. The van der Waals surface area contributed by atoms with Gasteiger partial charge in [0.05, 0.1) is 51.5 Å². The summed E-state index contributed by atoms with van der Waals surface area (Å²) in [5, 5.41) is 3.17. The lowest BCUT2D eigenvalue weighted by molar-refractivity contribution is 0.354. The fraction of sp³-hybridized carbons (Fsp3) is 0.227. The molecule has 0 atom stereocenters. The summed E-state index contributed by atoms with van der Waals surface area (Å²) < 4.78 is 18.2. The van der Waals surface area contributed by atoms with Gasteiger partial charge in [-0.05, 0) is 29.8 Å². The Morgan fingerprint density at radius 2 is 1.77 bits per heavy atom. The van der Waals surface area contributed by atoms with Crippen molar-refractivity contribution in [2.75, 3.05) is 33.7 Å². The number of hydrogen-bond donors (Lipinski definition) is 1. The number of pyridine rings is 2. The summed E-state index contributed by atoms with van der Waals surface area (Å²) in [4.78, 5) is 13.5. The lowest BCUT2D eigenvalue weighted by atomic mass is 10.1. The van der Waals surface area contributed by atoms with Gasteiger partial charge in [0, 0.05) is 18.8 Å². The molecule has 8 nitrogen and oxygen atoms in total. The third-order valence-corrected chi connectivity index (χ3v) is 4.89. The first-order chi connectivity index (χ1) is 14.7. The third-order valence-electron chi connectivity index (χ3n) is 4.89. The fourth-order valence-corrected chi connectivity index (χ4v) is 3.37. The minimum atomic E-state index is 0.604. The first-order valence-electron chi connectivity index (χ1n) is 9.41. The van der Waals surface area contributed by atoms with Crippen LogP contribution in [0.2, 0.25) is 0 Å². The minimum absolute atomic E-state index is 0.604. The van der Waals surface area contributed by atoms with Gasteiger partial charge in [-0.15, -0.1) is 0 Å². The van der Waals surface area contributed by atoms with Crippen molar-refractivity contribution in [3.63, 3.8) is 0 Å². The van der Waals surface area contributed by atoms with Crippen LogP contribution in [0.1, 0.15) is 5.56 Å². The number of ether oxygens (including phenoxy) is 3. The van der Waals surface area contributed by atoms with Gasteiger partial charge in [-0.3, -0.25) is 9.97 Å². The molecular weight excluding hydrogens is 382 g/mol. The summed E-state index contributed by atoms with van der Waals surface area (Å²) in [6, 6.07) is 9.82.